The standard InChI is InChI=1S/C23H24FN3O2S/c1-15-4-3-5-16(2)22(15)25-21(28)14-26-8-10-27(11-9-26)23(29)20-13-17-12-18(24)6-7-19(17)30-20/h3-7,12-13H,8-11,14H2,1-2H3,(H,25,28). The van der Waals surface area contributed by atoms with Gasteiger partial charge in [-0.05, 0) is 54.6 Å². The van der Waals surface area contributed by atoms with Crippen LogP contribution in [-0.2, 0) is 4.79 Å². The molecule has 1 aromatic heterocycles. The van der Waals surface area contributed by atoms with Gasteiger partial charge in [-0.25, -0.2) is 4.39 Å². The third-order valence-electron chi connectivity index (χ3n) is 5.46. The highest BCUT2D eigenvalue weighted by atomic mass is 32.1. The van der Waals surface area contributed by atoms with Gasteiger partial charge in [-0.15, -0.1) is 11.3 Å². The van der Waals surface area contributed by atoms with Crippen LogP contribution in [0.3, 0.4) is 0 Å². The molecule has 0 bridgehead atoms. The molecule has 0 aliphatic carbocycles. The number of anilines is 1. The molecule has 1 aliphatic heterocycles. The molecule has 156 valence electrons. The summed E-state index contributed by atoms with van der Waals surface area (Å²) in [5.74, 6) is -0.373. The van der Waals surface area contributed by atoms with Crippen molar-refractivity contribution in [2.45, 2.75) is 13.8 Å². The Hall–Kier alpha value is -2.77. The first-order valence-electron chi connectivity index (χ1n) is 9.97. The van der Waals surface area contributed by atoms with Crippen molar-refractivity contribution < 1.29 is 14.0 Å². The average molecular weight is 426 g/mol. The van der Waals surface area contributed by atoms with Crippen LogP contribution in [0.4, 0.5) is 10.1 Å². The number of nitrogens with zero attached hydrogens (tertiary/aromatic N) is 2. The molecule has 4 rings (SSSR count). The number of thiophene rings is 1. The Bertz CT molecular complexity index is 1080. The van der Waals surface area contributed by atoms with E-state index in [1.807, 2.05) is 32.0 Å². The van der Waals surface area contributed by atoms with Crippen molar-refractivity contribution in [3.05, 3.63) is 64.3 Å². The number of amides is 2. The quantitative estimate of drug-likeness (QED) is 0.686. The number of fused-ring (bicyclic) bond motifs is 1. The van der Waals surface area contributed by atoms with Gasteiger partial charge in [0.15, 0.2) is 0 Å². The fourth-order valence-electron chi connectivity index (χ4n) is 3.78. The maximum absolute atomic E-state index is 13.4. The molecule has 2 amide bonds. The minimum absolute atomic E-state index is 0.0313. The molecule has 0 atom stereocenters. The summed E-state index contributed by atoms with van der Waals surface area (Å²) in [7, 11) is 0. The molecular weight excluding hydrogens is 401 g/mol. The number of carbonyl (C=O) groups is 2. The van der Waals surface area contributed by atoms with Crippen molar-refractivity contribution in [1.82, 2.24) is 9.80 Å². The molecule has 0 radical (unpaired) electrons. The maximum atomic E-state index is 13.4. The Balaban J connectivity index is 1.33. The largest absolute Gasteiger partial charge is 0.335 e. The highest BCUT2D eigenvalue weighted by Crippen LogP contribution is 2.27. The smallest absolute Gasteiger partial charge is 0.264 e. The number of halogens is 1. The van der Waals surface area contributed by atoms with E-state index in [0.717, 1.165) is 26.9 Å². The number of aryl methyl sites for hydroxylation is 2. The van der Waals surface area contributed by atoms with Crippen molar-refractivity contribution in [3.63, 3.8) is 0 Å². The zero-order valence-electron chi connectivity index (χ0n) is 17.1. The van der Waals surface area contributed by atoms with E-state index in [9.17, 15) is 14.0 Å². The number of carbonyl (C=O) groups excluding carboxylic acids is 2. The van der Waals surface area contributed by atoms with E-state index in [2.05, 4.69) is 10.2 Å². The lowest BCUT2D eigenvalue weighted by molar-refractivity contribution is -0.117. The fraction of sp³-hybridized carbons (Fsp3) is 0.304. The summed E-state index contributed by atoms with van der Waals surface area (Å²) in [5.41, 5.74) is 2.96. The van der Waals surface area contributed by atoms with Gasteiger partial charge >= 0.3 is 0 Å². The van der Waals surface area contributed by atoms with Crippen LogP contribution >= 0.6 is 11.3 Å². The van der Waals surface area contributed by atoms with Crippen LogP contribution in [0.1, 0.15) is 20.8 Å². The summed E-state index contributed by atoms with van der Waals surface area (Å²) in [5, 5.41) is 3.77. The zero-order valence-corrected chi connectivity index (χ0v) is 17.9. The predicted octanol–water partition coefficient (Wildman–Crippen LogP) is 4.05. The second-order valence-electron chi connectivity index (χ2n) is 7.68. The third kappa shape index (κ3) is 4.37. The first kappa shape index (κ1) is 20.5. The lowest BCUT2D eigenvalue weighted by Gasteiger charge is -2.34. The molecule has 30 heavy (non-hydrogen) atoms. The van der Waals surface area contributed by atoms with Crippen LogP contribution in [0.2, 0.25) is 0 Å². The lowest BCUT2D eigenvalue weighted by Crippen LogP contribution is -2.50. The first-order valence-corrected chi connectivity index (χ1v) is 10.8. The summed E-state index contributed by atoms with van der Waals surface area (Å²) in [6, 6.07) is 12.3. The lowest BCUT2D eigenvalue weighted by atomic mass is 10.1. The molecule has 1 fully saturated rings. The van der Waals surface area contributed by atoms with Gasteiger partial charge in [0.05, 0.1) is 11.4 Å². The molecule has 5 nitrogen and oxygen atoms in total. The Kier molecular flexibility index (Phi) is 5.83. The van der Waals surface area contributed by atoms with Gasteiger partial charge in [0.1, 0.15) is 5.82 Å². The van der Waals surface area contributed by atoms with Crippen molar-refractivity contribution in [1.29, 1.82) is 0 Å². The summed E-state index contributed by atoms with van der Waals surface area (Å²) in [4.78, 5) is 29.8. The number of benzene rings is 2. The van der Waals surface area contributed by atoms with Gasteiger partial charge in [-0.3, -0.25) is 14.5 Å². The predicted molar refractivity (Wildman–Crippen MR) is 119 cm³/mol. The van der Waals surface area contributed by atoms with Crippen LogP contribution in [0.15, 0.2) is 42.5 Å². The highest BCUT2D eigenvalue weighted by molar-refractivity contribution is 7.20. The van der Waals surface area contributed by atoms with E-state index in [1.165, 1.54) is 23.5 Å². The van der Waals surface area contributed by atoms with Crippen molar-refractivity contribution in [2.24, 2.45) is 0 Å². The highest BCUT2D eigenvalue weighted by Gasteiger charge is 2.24. The van der Waals surface area contributed by atoms with Gasteiger partial charge in [-0.2, -0.15) is 0 Å². The minimum atomic E-state index is -0.299. The van der Waals surface area contributed by atoms with Crippen molar-refractivity contribution in [3.8, 4) is 0 Å². The van der Waals surface area contributed by atoms with E-state index in [0.29, 0.717) is 37.6 Å². The zero-order chi connectivity index (χ0) is 21.3. The van der Waals surface area contributed by atoms with Gasteiger partial charge in [0.2, 0.25) is 5.91 Å². The number of piperazine rings is 1. The number of hydrogen-bond acceptors (Lipinski definition) is 4. The molecular formula is C23H24FN3O2S. The van der Waals surface area contributed by atoms with Crippen LogP contribution in [-0.4, -0.2) is 54.3 Å². The van der Waals surface area contributed by atoms with Crippen LogP contribution < -0.4 is 5.32 Å². The number of rotatable bonds is 4. The second-order valence-corrected chi connectivity index (χ2v) is 8.76. The summed E-state index contributed by atoms with van der Waals surface area (Å²) in [6.07, 6.45) is 0. The number of para-hydroxylation sites is 1. The summed E-state index contributed by atoms with van der Waals surface area (Å²) >= 11 is 1.39. The van der Waals surface area contributed by atoms with E-state index in [4.69, 9.17) is 0 Å². The normalized spacial score (nSPS) is 14.8. The first-order chi connectivity index (χ1) is 14.4. The molecule has 0 saturated carbocycles. The van der Waals surface area contributed by atoms with Gasteiger partial charge in [0.25, 0.3) is 5.91 Å². The van der Waals surface area contributed by atoms with E-state index in [1.54, 1.807) is 17.0 Å². The molecule has 3 aromatic rings. The van der Waals surface area contributed by atoms with Crippen LogP contribution in [0.25, 0.3) is 10.1 Å². The molecule has 0 unspecified atom stereocenters. The van der Waals surface area contributed by atoms with Crippen molar-refractivity contribution >= 4 is 38.9 Å². The molecule has 1 saturated heterocycles. The molecule has 2 aromatic carbocycles. The van der Waals surface area contributed by atoms with Gasteiger partial charge in [0, 0.05) is 36.6 Å². The topological polar surface area (TPSA) is 52.7 Å². The van der Waals surface area contributed by atoms with Crippen molar-refractivity contribution in [2.75, 3.05) is 38.0 Å². The molecule has 1 aliphatic rings. The monoisotopic (exact) mass is 425 g/mol. The molecule has 2 heterocycles. The van der Waals surface area contributed by atoms with Crippen LogP contribution in [0, 0.1) is 19.7 Å². The van der Waals surface area contributed by atoms with E-state index in [-0.39, 0.29) is 17.6 Å². The Morgan fingerprint density at radius 3 is 2.43 bits per heavy atom. The van der Waals surface area contributed by atoms with Gasteiger partial charge in [-0.1, -0.05) is 18.2 Å². The van der Waals surface area contributed by atoms with Crippen LogP contribution in [0.5, 0.6) is 0 Å². The number of hydrogen-bond donors (Lipinski definition) is 1. The summed E-state index contributed by atoms with van der Waals surface area (Å²) < 4.78 is 14.3. The van der Waals surface area contributed by atoms with E-state index < -0.39 is 0 Å². The van der Waals surface area contributed by atoms with E-state index >= 15 is 0 Å². The minimum Gasteiger partial charge on any atom is -0.335 e. The van der Waals surface area contributed by atoms with Gasteiger partial charge < -0.3 is 10.2 Å². The fourth-order valence-corrected chi connectivity index (χ4v) is 4.79. The maximum Gasteiger partial charge on any atom is 0.264 e. The Labute approximate surface area is 179 Å². The molecule has 0 spiro atoms. The third-order valence-corrected chi connectivity index (χ3v) is 6.57. The molecule has 7 heteroatoms. The Morgan fingerprint density at radius 1 is 1.03 bits per heavy atom. The SMILES string of the molecule is Cc1cccc(C)c1NC(=O)CN1CCN(C(=O)c2cc3cc(F)ccc3s2)CC1. The second kappa shape index (κ2) is 8.53. The Morgan fingerprint density at radius 2 is 1.73 bits per heavy atom. The molecule has 1 N–H and O–H groups in total. The summed E-state index contributed by atoms with van der Waals surface area (Å²) in [6.45, 7) is 6.69. The average Bonchev–Trinajstić information content (AvgIpc) is 3.14. The number of nitrogens with one attached hydrogen (secondary N) is 1.